The predicted molar refractivity (Wildman–Crippen MR) is 70.3 cm³/mol. The fourth-order valence-corrected chi connectivity index (χ4v) is 2.17. The van der Waals surface area contributed by atoms with Gasteiger partial charge in [-0.2, -0.15) is 21.6 Å². The zero-order chi connectivity index (χ0) is 17.1. The zero-order valence-electron chi connectivity index (χ0n) is 11.2. The highest BCUT2D eigenvalue weighted by Gasteiger charge is 2.45. The molecule has 22 heavy (non-hydrogen) atoms. The van der Waals surface area contributed by atoms with E-state index in [1.165, 1.54) is 6.07 Å². The lowest BCUT2D eigenvalue weighted by Gasteiger charge is -2.19. The number of halogens is 4. The second kappa shape index (κ2) is 6.65. The first-order chi connectivity index (χ1) is 9.94. The highest BCUT2D eigenvalue weighted by molar-refractivity contribution is 7.85. The Morgan fingerprint density at radius 2 is 1.95 bits per heavy atom. The predicted octanol–water partition coefficient (Wildman–Crippen LogP) is 0.934. The fourth-order valence-electron chi connectivity index (χ4n) is 1.53. The first-order valence-corrected chi connectivity index (χ1v) is 7.56. The molecule has 0 heterocycles. The van der Waals surface area contributed by atoms with E-state index in [0.29, 0.717) is 11.9 Å². The van der Waals surface area contributed by atoms with Crippen molar-refractivity contribution in [3.8, 4) is 0 Å². The maximum Gasteiger partial charge on any atom is 0.426 e. The quantitative estimate of drug-likeness (QED) is 0.373. The Balaban J connectivity index is 3.06. The summed E-state index contributed by atoms with van der Waals surface area (Å²) < 4.78 is 85.0. The van der Waals surface area contributed by atoms with Crippen molar-refractivity contribution in [1.29, 1.82) is 0 Å². The summed E-state index contributed by atoms with van der Waals surface area (Å²) in [5, 5.41) is 0. The Kier molecular flexibility index (Phi) is 5.57. The number of ether oxygens (including phenoxy) is 1. The maximum atomic E-state index is 13.5. The van der Waals surface area contributed by atoms with Gasteiger partial charge < -0.3 is 4.74 Å². The molecular weight excluding hydrogens is 331 g/mol. The van der Waals surface area contributed by atoms with E-state index in [4.69, 9.17) is 4.55 Å². The largest absolute Gasteiger partial charge is 0.448 e. The number of carbonyl (C=O) groups is 1. The average Bonchev–Trinajstić information content (AvgIpc) is 2.35. The van der Waals surface area contributed by atoms with Crippen molar-refractivity contribution < 1.29 is 40.1 Å². The molecule has 0 amide bonds. The fraction of sp³-hybridized carbons (Fsp3) is 0.364. The molecule has 1 rings (SSSR count). The molecule has 0 saturated heterocycles. The van der Waals surface area contributed by atoms with E-state index >= 15 is 0 Å². The van der Waals surface area contributed by atoms with Gasteiger partial charge in [0.15, 0.2) is 0 Å². The molecule has 1 aromatic carbocycles. The Bertz CT molecular complexity index is 659. The molecule has 0 bridgehead atoms. The summed E-state index contributed by atoms with van der Waals surface area (Å²) >= 11 is 0. The molecular formula is C11H11BF4O5S. The molecule has 11 heteroatoms. The molecule has 0 spiro atoms. The van der Waals surface area contributed by atoms with E-state index in [0.717, 1.165) is 12.1 Å². The van der Waals surface area contributed by atoms with Crippen LogP contribution in [0.25, 0.3) is 0 Å². The lowest BCUT2D eigenvalue weighted by molar-refractivity contribution is -0.197. The third-order valence-corrected chi connectivity index (χ3v) is 3.36. The van der Waals surface area contributed by atoms with Gasteiger partial charge in [-0.3, -0.25) is 4.55 Å². The van der Waals surface area contributed by atoms with Crippen LogP contribution >= 0.6 is 0 Å². The Morgan fingerprint density at radius 1 is 1.36 bits per heavy atom. The van der Waals surface area contributed by atoms with E-state index in [9.17, 15) is 30.8 Å². The van der Waals surface area contributed by atoms with Gasteiger partial charge in [-0.15, -0.1) is 0 Å². The summed E-state index contributed by atoms with van der Waals surface area (Å²) in [6.45, 7) is 0. The van der Waals surface area contributed by atoms with Gasteiger partial charge in [-0.05, 0) is 12.1 Å². The van der Waals surface area contributed by atoms with Gasteiger partial charge in [0.05, 0.1) is 5.56 Å². The van der Waals surface area contributed by atoms with Crippen molar-refractivity contribution in [2.24, 2.45) is 0 Å². The van der Waals surface area contributed by atoms with Gasteiger partial charge in [0.25, 0.3) is 10.1 Å². The number of hydrogen-bond donors (Lipinski definition) is 1. The molecule has 1 unspecified atom stereocenters. The van der Waals surface area contributed by atoms with Crippen LogP contribution in [0.15, 0.2) is 18.2 Å². The maximum absolute atomic E-state index is 13.5. The van der Waals surface area contributed by atoms with Crippen LogP contribution in [-0.2, 0) is 21.2 Å². The normalized spacial score (nSPS) is 13.7. The van der Waals surface area contributed by atoms with Gasteiger partial charge in [0.1, 0.15) is 19.4 Å². The first-order valence-electron chi connectivity index (χ1n) is 5.95. The highest BCUT2D eigenvalue weighted by Crippen LogP contribution is 2.25. The molecule has 1 N–H and O–H groups in total. The molecule has 0 aliphatic heterocycles. The van der Waals surface area contributed by atoms with E-state index in [1.807, 2.05) is 0 Å². The van der Waals surface area contributed by atoms with Crippen molar-refractivity contribution in [1.82, 2.24) is 0 Å². The second-order valence-electron chi connectivity index (χ2n) is 4.35. The molecule has 0 aliphatic carbocycles. The van der Waals surface area contributed by atoms with Gasteiger partial charge in [0.2, 0.25) is 6.10 Å². The lowest BCUT2D eigenvalue weighted by atomic mass is 9.95. The smallest absolute Gasteiger partial charge is 0.426 e. The number of carbonyl (C=O) groups excluding carboxylic acids is 1. The van der Waals surface area contributed by atoms with Gasteiger partial charge in [-0.25, -0.2) is 9.18 Å². The molecule has 1 atom stereocenters. The van der Waals surface area contributed by atoms with Crippen molar-refractivity contribution in [3.05, 3.63) is 35.1 Å². The van der Waals surface area contributed by atoms with Gasteiger partial charge in [-0.1, -0.05) is 17.9 Å². The Hall–Kier alpha value is -1.62. The zero-order valence-corrected chi connectivity index (χ0v) is 12.0. The summed E-state index contributed by atoms with van der Waals surface area (Å²) in [7, 11) is -3.37. The number of benzene rings is 1. The van der Waals surface area contributed by atoms with Crippen molar-refractivity contribution in [2.45, 2.75) is 18.6 Å². The molecule has 0 aliphatic rings. The summed E-state index contributed by atoms with van der Waals surface area (Å²) in [4.78, 5) is 11.6. The van der Waals surface area contributed by atoms with Crippen LogP contribution in [0, 0.1) is 5.82 Å². The Morgan fingerprint density at radius 3 is 2.41 bits per heavy atom. The van der Waals surface area contributed by atoms with Crippen LogP contribution in [0.2, 0.25) is 0 Å². The van der Waals surface area contributed by atoms with E-state index < -0.39 is 45.5 Å². The standard InChI is InChI=1S/C11H11BF4O5S/c12-4-6-1-2-8(13)7(3-6)10(17)21-9(11(14,15)16)5-22(18,19)20/h1-3,9H,4-5,12H2,(H,18,19,20). The first kappa shape index (κ1) is 18.4. The number of hydrogen-bond acceptors (Lipinski definition) is 4. The number of rotatable bonds is 5. The van der Waals surface area contributed by atoms with Crippen LogP contribution in [0.5, 0.6) is 0 Å². The van der Waals surface area contributed by atoms with Crippen molar-refractivity contribution in [3.63, 3.8) is 0 Å². The van der Waals surface area contributed by atoms with E-state index in [2.05, 4.69) is 4.74 Å². The third kappa shape index (κ3) is 5.30. The number of esters is 1. The van der Waals surface area contributed by atoms with Crippen LogP contribution in [0.1, 0.15) is 15.9 Å². The molecule has 1 aromatic rings. The topological polar surface area (TPSA) is 80.7 Å². The van der Waals surface area contributed by atoms with Crippen LogP contribution in [0.4, 0.5) is 17.6 Å². The molecule has 0 fully saturated rings. The Labute approximate surface area is 124 Å². The number of alkyl halides is 3. The lowest BCUT2D eigenvalue weighted by Crippen LogP contribution is -2.39. The van der Waals surface area contributed by atoms with E-state index in [1.54, 1.807) is 7.85 Å². The molecule has 0 saturated carbocycles. The molecule has 0 aromatic heterocycles. The molecule has 5 nitrogen and oxygen atoms in total. The molecule has 122 valence electrons. The van der Waals surface area contributed by atoms with Gasteiger partial charge >= 0.3 is 12.1 Å². The van der Waals surface area contributed by atoms with Crippen LogP contribution in [-0.4, -0.2) is 44.8 Å². The second-order valence-corrected chi connectivity index (χ2v) is 5.85. The third-order valence-electron chi connectivity index (χ3n) is 2.64. The molecule has 0 radical (unpaired) electrons. The summed E-state index contributed by atoms with van der Waals surface area (Å²) in [6, 6.07) is 3.24. The minimum atomic E-state index is -5.23. The summed E-state index contributed by atoms with van der Waals surface area (Å²) in [5.41, 5.74) is -0.268. The van der Waals surface area contributed by atoms with Crippen LogP contribution < -0.4 is 0 Å². The van der Waals surface area contributed by atoms with Crippen molar-refractivity contribution >= 4 is 23.9 Å². The summed E-state index contributed by atoms with van der Waals surface area (Å²) in [5.74, 6) is -4.63. The van der Waals surface area contributed by atoms with Crippen LogP contribution in [0.3, 0.4) is 0 Å². The minimum Gasteiger partial charge on any atom is -0.448 e. The highest BCUT2D eigenvalue weighted by atomic mass is 32.2. The average molecular weight is 342 g/mol. The monoisotopic (exact) mass is 342 g/mol. The van der Waals surface area contributed by atoms with Gasteiger partial charge in [0, 0.05) is 0 Å². The minimum absolute atomic E-state index is 0.397. The summed E-state index contributed by atoms with van der Waals surface area (Å²) in [6.07, 6.45) is -7.93. The SMILES string of the molecule is BCc1ccc(F)c(C(=O)OC(CS(=O)(=O)O)C(F)(F)F)c1. The van der Waals surface area contributed by atoms with E-state index in [-0.39, 0.29) is 0 Å². The van der Waals surface area contributed by atoms with Crippen molar-refractivity contribution in [2.75, 3.05) is 5.75 Å².